The molecular weight excluding hydrogens is 607 g/mol. The number of hydrogen-bond donors (Lipinski definition) is 3. The molecule has 0 aromatic rings. The lowest BCUT2D eigenvalue weighted by Crippen LogP contribution is -2.46. The van der Waals surface area contributed by atoms with Gasteiger partial charge in [0.1, 0.15) is 0 Å². The minimum atomic E-state index is -4.36. The molecule has 1 amide bonds. The summed E-state index contributed by atoms with van der Waals surface area (Å²) in [4.78, 5) is 12.5. The molecule has 6 nitrogen and oxygen atoms in total. The second kappa shape index (κ2) is 34.2. The highest BCUT2D eigenvalue weighted by Gasteiger charge is 2.24. The van der Waals surface area contributed by atoms with Gasteiger partial charge in [0.05, 0.1) is 17.9 Å². The molecule has 0 aromatic heterocycles. The molecule has 0 aliphatic carbocycles. The lowest BCUT2D eigenvalue weighted by Gasteiger charge is -2.21. The van der Waals surface area contributed by atoms with Gasteiger partial charge in [-0.1, -0.05) is 152 Å². The van der Waals surface area contributed by atoms with Crippen molar-refractivity contribution in [2.24, 2.45) is 0 Å². The Hall–Kier alpha value is -1.70. The van der Waals surface area contributed by atoms with Crippen molar-refractivity contribution in [3.8, 4) is 0 Å². The van der Waals surface area contributed by atoms with Crippen molar-refractivity contribution in [2.75, 3.05) is 5.75 Å². The maximum Gasteiger partial charge on any atom is 0.267 e. The van der Waals surface area contributed by atoms with Crippen LogP contribution in [0.25, 0.3) is 0 Å². The number of carbonyl (C=O) groups is 1. The molecule has 2 unspecified atom stereocenters. The zero-order valence-electron chi connectivity index (χ0n) is 30.4. The second-order valence-corrected chi connectivity index (χ2v) is 14.7. The van der Waals surface area contributed by atoms with Gasteiger partial charge in [0.2, 0.25) is 5.91 Å². The number of unbranched alkanes of at least 4 members (excludes halogenated alkanes) is 20. The van der Waals surface area contributed by atoms with E-state index in [9.17, 15) is 22.9 Å². The minimum Gasteiger partial charge on any atom is -0.387 e. The number of hydrogen-bond acceptors (Lipinski definition) is 4. The van der Waals surface area contributed by atoms with Gasteiger partial charge in [-0.3, -0.25) is 9.35 Å². The Morgan fingerprint density at radius 3 is 1.34 bits per heavy atom. The van der Waals surface area contributed by atoms with Crippen molar-refractivity contribution in [2.45, 2.75) is 193 Å². The Bertz CT molecular complexity index is 925. The SMILES string of the molecule is CCCCCCCC/C=C/CC/C=C/CC/C=C/C(O)C(CS(=O)(=O)O)NC(=O)CCCCCCC/C=C\CCCCCCCCC. The summed E-state index contributed by atoms with van der Waals surface area (Å²) in [6.07, 6.45) is 45.2. The van der Waals surface area contributed by atoms with Crippen LogP contribution in [0.15, 0.2) is 48.6 Å². The van der Waals surface area contributed by atoms with Crippen molar-refractivity contribution in [3.63, 3.8) is 0 Å². The summed E-state index contributed by atoms with van der Waals surface area (Å²) in [6.45, 7) is 4.50. The molecule has 274 valence electrons. The maximum atomic E-state index is 12.5. The molecule has 0 rings (SSSR count). The second-order valence-electron chi connectivity index (χ2n) is 13.2. The average molecular weight is 680 g/mol. The van der Waals surface area contributed by atoms with E-state index in [1.807, 2.05) is 0 Å². The van der Waals surface area contributed by atoms with Gasteiger partial charge in [-0.15, -0.1) is 0 Å². The van der Waals surface area contributed by atoms with E-state index in [0.29, 0.717) is 12.8 Å². The van der Waals surface area contributed by atoms with Gasteiger partial charge in [-0.25, -0.2) is 0 Å². The molecule has 2 atom stereocenters. The lowest BCUT2D eigenvalue weighted by molar-refractivity contribution is -0.122. The topological polar surface area (TPSA) is 104 Å². The molecule has 0 aliphatic heterocycles. The smallest absolute Gasteiger partial charge is 0.267 e. The summed E-state index contributed by atoms with van der Waals surface area (Å²) in [7, 11) is -4.36. The molecule has 0 bridgehead atoms. The van der Waals surface area contributed by atoms with Crippen LogP contribution in [0.5, 0.6) is 0 Å². The standard InChI is InChI=1S/C40H73NO5S/c1-3-5-7-9-11-13-15-17-19-21-23-25-27-29-31-33-35-39(42)38(37-47(44,45)46)41-40(43)36-34-32-30-28-26-24-22-20-18-16-14-12-10-8-6-4-2/h17,19-20,22,25,27,33,35,38-39,42H,3-16,18,21,23-24,26,28-32,34,36-37H2,1-2H3,(H,41,43)(H,44,45,46)/b19-17+,22-20-,27-25+,35-33+. The van der Waals surface area contributed by atoms with Crippen LogP contribution < -0.4 is 5.32 Å². The number of allylic oxidation sites excluding steroid dienone is 7. The Morgan fingerprint density at radius 2 is 0.915 bits per heavy atom. The fraction of sp³-hybridized carbons (Fsp3) is 0.775. The first-order chi connectivity index (χ1) is 22.8. The summed E-state index contributed by atoms with van der Waals surface area (Å²) in [6, 6.07) is -1.08. The molecular formula is C40H73NO5S. The molecule has 0 spiro atoms. The third-order valence-corrected chi connectivity index (χ3v) is 9.24. The van der Waals surface area contributed by atoms with E-state index in [2.05, 4.69) is 55.6 Å². The third kappa shape index (κ3) is 35.4. The van der Waals surface area contributed by atoms with Crippen LogP contribution in [0.4, 0.5) is 0 Å². The lowest BCUT2D eigenvalue weighted by atomic mass is 10.1. The molecule has 0 aliphatic rings. The van der Waals surface area contributed by atoms with E-state index in [-0.39, 0.29) is 12.3 Å². The molecule has 3 N–H and O–H groups in total. The molecule has 0 fully saturated rings. The van der Waals surface area contributed by atoms with E-state index in [1.165, 1.54) is 102 Å². The first kappa shape index (κ1) is 45.3. The minimum absolute atomic E-state index is 0.274. The van der Waals surface area contributed by atoms with Gasteiger partial charge in [-0.2, -0.15) is 8.42 Å². The quantitative estimate of drug-likeness (QED) is 0.0357. The number of carbonyl (C=O) groups excluding carboxylic acids is 1. The van der Waals surface area contributed by atoms with Gasteiger partial charge < -0.3 is 10.4 Å². The van der Waals surface area contributed by atoms with E-state index < -0.39 is 28.0 Å². The monoisotopic (exact) mass is 680 g/mol. The van der Waals surface area contributed by atoms with Crippen LogP contribution in [-0.4, -0.2) is 41.9 Å². The van der Waals surface area contributed by atoms with Gasteiger partial charge in [0.25, 0.3) is 10.1 Å². The van der Waals surface area contributed by atoms with Gasteiger partial charge in [0, 0.05) is 6.42 Å². The molecule has 0 heterocycles. The van der Waals surface area contributed by atoms with Crippen LogP contribution >= 0.6 is 0 Å². The molecule has 0 saturated heterocycles. The van der Waals surface area contributed by atoms with E-state index in [0.717, 1.165) is 51.4 Å². The molecule has 0 saturated carbocycles. The fourth-order valence-electron chi connectivity index (χ4n) is 5.53. The normalized spacial score (nSPS) is 13.9. The summed E-state index contributed by atoms with van der Waals surface area (Å²) in [5, 5.41) is 13.2. The first-order valence-corrected chi connectivity index (χ1v) is 20.9. The molecule has 47 heavy (non-hydrogen) atoms. The summed E-state index contributed by atoms with van der Waals surface area (Å²) >= 11 is 0. The number of amides is 1. The van der Waals surface area contributed by atoms with Crippen molar-refractivity contribution < 1.29 is 22.9 Å². The van der Waals surface area contributed by atoms with Gasteiger partial charge in [-0.05, 0) is 70.6 Å². The predicted molar refractivity (Wildman–Crippen MR) is 202 cm³/mol. The predicted octanol–water partition coefficient (Wildman–Crippen LogP) is 11.1. The Morgan fingerprint density at radius 1 is 0.553 bits per heavy atom. The highest BCUT2D eigenvalue weighted by atomic mass is 32.2. The average Bonchev–Trinajstić information content (AvgIpc) is 3.03. The third-order valence-electron chi connectivity index (χ3n) is 8.46. The zero-order valence-corrected chi connectivity index (χ0v) is 31.2. The number of aliphatic hydroxyl groups is 1. The van der Waals surface area contributed by atoms with Crippen LogP contribution in [0, 0.1) is 0 Å². The number of rotatable bonds is 34. The number of nitrogens with one attached hydrogen (secondary N) is 1. The Labute approximate surface area is 290 Å². The van der Waals surface area contributed by atoms with Crippen LogP contribution in [0.3, 0.4) is 0 Å². The first-order valence-electron chi connectivity index (χ1n) is 19.3. The molecule has 0 radical (unpaired) electrons. The van der Waals surface area contributed by atoms with E-state index >= 15 is 0 Å². The summed E-state index contributed by atoms with van der Waals surface area (Å²) < 4.78 is 32.4. The van der Waals surface area contributed by atoms with Crippen LogP contribution in [-0.2, 0) is 14.9 Å². The van der Waals surface area contributed by atoms with Crippen molar-refractivity contribution in [1.29, 1.82) is 0 Å². The van der Waals surface area contributed by atoms with Crippen molar-refractivity contribution >= 4 is 16.0 Å². The summed E-state index contributed by atoms with van der Waals surface area (Å²) in [5.41, 5.74) is 0. The van der Waals surface area contributed by atoms with Gasteiger partial charge in [0.15, 0.2) is 0 Å². The maximum absolute atomic E-state index is 12.5. The molecule has 0 aromatic carbocycles. The molecule has 7 heteroatoms. The van der Waals surface area contributed by atoms with Crippen molar-refractivity contribution in [3.05, 3.63) is 48.6 Å². The van der Waals surface area contributed by atoms with Crippen molar-refractivity contribution in [1.82, 2.24) is 5.32 Å². The zero-order chi connectivity index (χ0) is 34.7. The van der Waals surface area contributed by atoms with Crippen LogP contribution in [0.2, 0.25) is 0 Å². The number of aliphatic hydroxyl groups excluding tert-OH is 1. The largest absolute Gasteiger partial charge is 0.387 e. The van der Waals surface area contributed by atoms with Crippen LogP contribution in [0.1, 0.15) is 181 Å². The van der Waals surface area contributed by atoms with Gasteiger partial charge >= 0.3 is 0 Å². The van der Waals surface area contributed by atoms with E-state index in [1.54, 1.807) is 6.08 Å². The van der Waals surface area contributed by atoms with E-state index in [4.69, 9.17) is 0 Å². The fourth-order valence-corrected chi connectivity index (χ4v) is 6.27. The summed E-state index contributed by atoms with van der Waals surface area (Å²) in [5.74, 6) is -1.02. The highest BCUT2D eigenvalue weighted by molar-refractivity contribution is 7.85. The Balaban J connectivity index is 4.06. The Kier molecular flexibility index (Phi) is 32.9. The highest BCUT2D eigenvalue weighted by Crippen LogP contribution is 2.12.